The summed E-state index contributed by atoms with van der Waals surface area (Å²) in [5, 5.41) is 0. The number of carbonyl (C=O) groups is 3. The van der Waals surface area contributed by atoms with Gasteiger partial charge >= 0.3 is 5.97 Å². The summed E-state index contributed by atoms with van der Waals surface area (Å²) in [5.41, 5.74) is 0.287. The Hall–Kier alpha value is -2.43. The lowest BCUT2D eigenvalue weighted by Crippen LogP contribution is -2.38. The Balaban J connectivity index is 2.87. The maximum Gasteiger partial charge on any atom is 0.330 e. The van der Waals surface area contributed by atoms with Crippen molar-refractivity contribution in [1.29, 1.82) is 0 Å². The fourth-order valence-electron chi connectivity index (χ4n) is 1.98. The third-order valence-electron chi connectivity index (χ3n) is 3.09. The number of benzene rings is 1. The maximum absolute atomic E-state index is 12.4. The molecule has 0 saturated heterocycles. The maximum atomic E-state index is 12.4. The van der Waals surface area contributed by atoms with Crippen molar-refractivity contribution in [2.75, 3.05) is 13.2 Å². The second-order valence-electron chi connectivity index (χ2n) is 5.87. The van der Waals surface area contributed by atoms with E-state index < -0.39 is 11.4 Å². The van der Waals surface area contributed by atoms with E-state index >= 15 is 0 Å². The molecule has 0 aromatic heterocycles. The molecule has 1 amide bonds. The topological polar surface area (TPSA) is 63.7 Å². The van der Waals surface area contributed by atoms with Crippen molar-refractivity contribution in [3.63, 3.8) is 0 Å². The van der Waals surface area contributed by atoms with Gasteiger partial charge in [0.15, 0.2) is 0 Å². The van der Waals surface area contributed by atoms with Gasteiger partial charge in [0.25, 0.3) is 0 Å². The largest absolute Gasteiger partial charge is 0.463 e. The van der Waals surface area contributed by atoms with Crippen molar-refractivity contribution >= 4 is 18.2 Å². The number of hydrogen-bond donors (Lipinski definition) is 0. The number of amides is 1. The summed E-state index contributed by atoms with van der Waals surface area (Å²) >= 11 is 0. The van der Waals surface area contributed by atoms with Crippen LogP contribution in [0.2, 0.25) is 0 Å². The molecule has 0 aliphatic rings. The van der Waals surface area contributed by atoms with Crippen LogP contribution >= 0.6 is 0 Å². The molecule has 0 atom stereocenters. The normalized spacial score (nSPS) is 11.3. The van der Waals surface area contributed by atoms with E-state index in [1.165, 1.54) is 6.08 Å². The molecule has 0 bridgehead atoms. The fraction of sp³-hybridized carbons (Fsp3) is 0.389. The van der Waals surface area contributed by atoms with E-state index in [1.807, 2.05) is 30.3 Å². The molecule has 0 fully saturated rings. The first-order chi connectivity index (χ1) is 10.9. The smallest absolute Gasteiger partial charge is 0.330 e. The highest BCUT2D eigenvalue weighted by molar-refractivity contribution is 5.94. The van der Waals surface area contributed by atoms with E-state index in [1.54, 1.807) is 25.7 Å². The molecule has 0 radical (unpaired) electrons. The first-order valence-electron chi connectivity index (χ1n) is 7.52. The monoisotopic (exact) mass is 317 g/mol. The Kier molecular flexibility index (Phi) is 7.19. The molecular formula is C18H23NO4. The third-order valence-corrected chi connectivity index (χ3v) is 3.09. The van der Waals surface area contributed by atoms with Crippen molar-refractivity contribution in [3.8, 4) is 0 Å². The number of nitrogens with zero attached hydrogens (tertiary/aromatic N) is 1. The van der Waals surface area contributed by atoms with Gasteiger partial charge in [-0.25, -0.2) is 4.79 Å². The first kappa shape index (κ1) is 18.6. The second-order valence-corrected chi connectivity index (χ2v) is 5.87. The highest BCUT2D eigenvalue weighted by Crippen LogP contribution is 2.16. The van der Waals surface area contributed by atoms with Crippen molar-refractivity contribution in [1.82, 2.24) is 4.90 Å². The fourth-order valence-corrected chi connectivity index (χ4v) is 1.98. The molecule has 0 saturated carbocycles. The molecule has 0 aliphatic carbocycles. The quantitative estimate of drug-likeness (QED) is 0.419. The van der Waals surface area contributed by atoms with Crippen LogP contribution in [-0.4, -0.2) is 36.2 Å². The molecule has 124 valence electrons. The van der Waals surface area contributed by atoms with Gasteiger partial charge in [-0.3, -0.25) is 4.79 Å². The molecule has 5 nitrogen and oxygen atoms in total. The average molecular weight is 317 g/mol. The van der Waals surface area contributed by atoms with Gasteiger partial charge in [0, 0.05) is 30.7 Å². The van der Waals surface area contributed by atoms with Crippen LogP contribution in [0.3, 0.4) is 0 Å². The molecule has 0 spiro atoms. The molecule has 1 rings (SSSR count). The zero-order valence-electron chi connectivity index (χ0n) is 13.8. The minimum absolute atomic E-state index is 0.253. The van der Waals surface area contributed by atoms with E-state index in [9.17, 15) is 14.4 Å². The Morgan fingerprint density at radius 2 is 1.83 bits per heavy atom. The van der Waals surface area contributed by atoms with E-state index in [2.05, 4.69) is 0 Å². The van der Waals surface area contributed by atoms with Crippen LogP contribution in [0.25, 0.3) is 0 Å². The van der Waals surface area contributed by atoms with Crippen molar-refractivity contribution in [3.05, 3.63) is 48.0 Å². The van der Waals surface area contributed by atoms with E-state index in [0.717, 1.165) is 17.9 Å². The highest BCUT2D eigenvalue weighted by Gasteiger charge is 2.23. The minimum Gasteiger partial charge on any atom is -0.463 e. The molecule has 0 unspecified atom stereocenters. The van der Waals surface area contributed by atoms with Crippen LogP contribution in [0.4, 0.5) is 0 Å². The van der Waals surface area contributed by atoms with Gasteiger partial charge < -0.3 is 14.4 Å². The zero-order valence-corrected chi connectivity index (χ0v) is 13.8. The number of aldehydes is 1. The number of carbonyl (C=O) groups excluding carboxylic acids is 3. The van der Waals surface area contributed by atoms with Crippen LogP contribution in [0.1, 0.15) is 26.3 Å². The summed E-state index contributed by atoms with van der Waals surface area (Å²) in [7, 11) is 0. The summed E-state index contributed by atoms with van der Waals surface area (Å²) in [6, 6.07) is 9.48. The van der Waals surface area contributed by atoms with Gasteiger partial charge in [0.05, 0.1) is 6.61 Å². The van der Waals surface area contributed by atoms with Crippen LogP contribution in [0.5, 0.6) is 0 Å². The predicted octanol–water partition coefficient (Wildman–Crippen LogP) is 2.36. The minimum atomic E-state index is -0.664. The Morgan fingerprint density at radius 3 is 2.39 bits per heavy atom. The lowest BCUT2D eigenvalue weighted by Gasteiger charge is -2.28. The first-order valence-corrected chi connectivity index (χ1v) is 7.52. The third kappa shape index (κ3) is 6.91. The number of rotatable bonds is 8. The molecule has 1 aromatic rings. The van der Waals surface area contributed by atoms with Crippen molar-refractivity contribution in [2.24, 2.45) is 5.41 Å². The SMILES string of the molecule is CCOC(=O)/C=C/C(=O)N(Cc1ccccc1)CC(C)(C)C=O. The molecule has 0 aliphatic heterocycles. The van der Waals surface area contributed by atoms with E-state index in [0.29, 0.717) is 6.54 Å². The second kappa shape index (κ2) is 8.88. The van der Waals surface area contributed by atoms with Gasteiger partial charge in [0.2, 0.25) is 5.91 Å². The number of ether oxygens (including phenoxy) is 1. The molecular weight excluding hydrogens is 294 g/mol. The Morgan fingerprint density at radius 1 is 1.17 bits per heavy atom. The van der Waals surface area contributed by atoms with Crippen LogP contribution < -0.4 is 0 Å². The lowest BCUT2D eigenvalue weighted by molar-refractivity contribution is -0.138. The van der Waals surface area contributed by atoms with Gasteiger partial charge in [-0.2, -0.15) is 0 Å². The summed E-state index contributed by atoms with van der Waals surface area (Å²) in [4.78, 5) is 36.4. The molecule has 0 N–H and O–H groups in total. The van der Waals surface area contributed by atoms with E-state index in [4.69, 9.17) is 4.74 Å². The van der Waals surface area contributed by atoms with Gasteiger partial charge in [-0.15, -0.1) is 0 Å². The summed E-state index contributed by atoms with van der Waals surface area (Å²) in [6.45, 7) is 6.10. The standard InChI is InChI=1S/C18H23NO4/c1-4-23-17(22)11-10-16(21)19(13-18(2,3)14-20)12-15-8-6-5-7-9-15/h5-11,14H,4,12-13H2,1-3H3/b11-10+. The molecule has 0 heterocycles. The summed E-state index contributed by atoms with van der Waals surface area (Å²) < 4.78 is 4.76. The predicted molar refractivity (Wildman–Crippen MR) is 87.5 cm³/mol. The lowest BCUT2D eigenvalue weighted by atomic mass is 9.95. The van der Waals surface area contributed by atoms with E-state index in [-0.39, 0.29) is 19.1 Å². The zero-order chi connectivity index (χ0) is 17.3. The molecule has 5 heteroatoms. The summed E-state index contributed by atoms with van der Waals surface area (Å²) in [6.07, 6.45) is 3.12. The average Bonchev–Trinajstić information content (AvgIpc) is 2.53. The van der Waals surface area contributed by atoms with Gasteiger partial charge in [-0.1, -0.05) is 44.2 Å². The van der Waals surface area contributed by atoms with Gasteiger partial charge in [0.1, 0.15) is 6.29 Å². The van der Waals surface area contributed by atoms with Crippen molar-refractivity contribution < 1.29 is 19.1 Å². The highest BCUT2D eigenvalue weighted by atomic mass is 16.5. The molecule has 1 aromatic carbocycles. The number of esters is 1. The molecule has 23 heavy (non-hydrogen) atoms. The van der Waals surface area contributed by atoms with Crippen LogP contribution in [0, 0.1) is 5.41 Å². The van der Waals surface area contributed by atoms with Crippen LogP contribution in [-0.2, 0) is 25.7 Å². The van der Waals surface area contributed by atoms with Crippen molar-refractivity contribution in [2.45, 2.75) is 27.3 Å². The Labute approximate surface area is 136 Å². The Bertz CT molecular complexity index is 564. The van der Waals surface area contributed by atoms with Gasteiger partial charge in [-0.05, 0) is 12.5 Å². The summed E-state index contributed by atoms with van der Waals surface area (Å²) in [5.74, 6) is -0.896. The van der Waals surface area contributed by atoms with Crippen LogP contribution in [0.15, 0.2) is 42.5 Å². The number of hydrogen-bond acceptors (Lipinski definition) is 4.